The summed E-state index contributed by atoms with van der Waals surface area (Å²) in [5.74, 6) is 0.373. The largest absolute Gasteiger partial charge is 0.492 e. The number of nitrogens with one attached hydrogen (secondary N) is 1. The number of anilines is 1. The maximum Gasteiger partial charge on any atom is 0.257 e. The van der Waals surface area contributed by atoms with Gasteiger partial charge >= 0.3 is 0 Å². The highest BCUT2D eigenvalue weighted by molar-refractivity contribution is 6.36. The van der Waals surface area contributed by atoms with Crippen LogP contribution in [-0.4, -0.2) is 19.1 Å². The lowest BCUT2D eigenvalue weighted by Crippen LogP contribution is -2.13. The third-order valence-corrected chi connectivity index (χ3v) is 3.24. The fourth-order valence-electron chi connectivity index (χ4n) is 1.68. The van der Waals surface area contributed by atoms with E-state index in [4.69, 9.17) is 33.7 Å². The summed E-state index contributed by atoms with van der Waals surface area (Å²) in [7, 11) is 0. The fraction of sp³-hybridized carbons (Fsp3) is 0.133. The number of nitrogens with two attached hydrogens (primary N) is 1. The number of benzene rings is 2. The molecule has 0 aliphatic heterocycles. The summed E-state index contributed by atoms with van der Waals surface area (Å²) in [6, 6.07) is 11.7. The van der Waals surface area contributed by atoms with Crippen LogP contribution >= 0.6 is 23.2 Å². The second kappa shape index (κ2) is 7.31. The molecule has 3 N–H and O–H groups in total. The molecule has 0 aliphatic rings. The van der Waals surface area contributed by atoms with Crippen LogP contribution in [0.2, 0.25) is 10.0 Å². The highest BCUT2D eigenvalue weighted by Crippen LogP contribution is 2.22. The molecule has 0 atom stereocenters. The van der Waals surface area contributed by atoms with E-state index in [1.54, 1.807) is 36.4 Å². The molecule has 1 amide bonds. The molecule has 6 heteroatoms. The molecule has 0 radical (unpaired) electrons. The van der Waals surface area contributed by atoms with Gasteiger partial charge in [-0.05, 0) is 42.5 Å². The van der Waals surface area contributed by atoms with E-state index in [1.807, 2.05) is 0 Å². The van der Waals surface area contributed by atoms with Crippen LogP contribution in [0.4, 0.5) is 5.69 Å². The van der Waals surface area contributed by atoms with Gasteiger partial charge < -0.3 is 15.8 Å². The van der Waals surface area contributed by atoms with E-state index in [2.05, 4.69) is 5.32 Å². The molecule has 0 aliphatic carbocycles. The standard InChI is InChI=1S/C15H14Cl2N2O2/c16-10-1-6-14(17)13(9-10)15(20)19-11-2-4-12(5-3-11)21-8-7-18/h1-6,9H,7-8,18H2,(H,19,20). The molecule has 0 aromatic heterocycles. The maximum atomic E-state index is 12.1. The van der Waals surface area contributed by atoms with Crippen molar-refractivity contribution in [2.75, 3.05) is 18.5 Å². The van der Waals surface area contributed by atoms with E-state index in [0.29, 0.717) is 40.2 Å². The zero-order valence-corrected chi connectivity index (χ0v) is 12.6. The predicted octanol–water partition coefficient (Wildman–Crippen LogP) is 3.58. The lowest BCUT2D eigenvalue weighted by atomic mass is 10.2. The Hall–Kier alpha value is -1.75. The molecule has 0 unspecified atom stereocenters. The van der Waals surface area contributed by atoms with Crippen LogP contribution in [0.15, 0.2) is 42.5 Å². The summed E-state index contributed by atoms with van der Waals surface area (Å²) < 4.78 is 5.36. The van der Waals surface area contributed by atoms with Gasteiger partial charge in [-0.25, -0.2) is 0 Å². The topological polar surface area (TPSA) is 64.3 Å². The van der Waals surface area contributed by atoms with Crippen LogP contribution in [0.3, 0.4) is 0 Å². The number of carbonyl (C=O) groups is 1. The van der Waals surface area contributed by atoms with Crippen LogP contribution in [0.25, 0.3) is 0 Å². The summed E-state index contributed by atoms with van der Waals surface area (Å²) in [6.07, 6.45) is 0. The lowest BCUT2D eigenvalue weighted by molar-refractivity contribution is 0.102. The van der Waals surface area contributed by atoms with Crippen molar-refractivity contribution >= 4 is 34.8 Å². The van der Waals surface area contributed by atoms with Crippen molar-refractivity contribution < 1.29 is 9.53 Å². The van der Waals surface area contributed by atoms with Gasteiger partial charge in [0.05, 0.1) is 10.6 Å². The molecular formula is C15H14Cl2N2O2. The Labute approximate surface area is 132 Å². The molecule has 0 saturated heterocycles. The zero-order valence-electron chi connectivity index (χ0n) is 11.1. The van der Waals surface area contributed by atoms with Crippen molar-refractivity contribution in [1.82, 2.24) is 0 Å². The van der Waals surface area contributed by atoms with Gasteiger partial charge in [-0.15, -0.1) is 0 Å². The number of halogens is 2. The third-order valence-electron chi connectivity index (χ3n) is 2.67. The first-order valence-electron chi connectivity index (χ1n) is 6.29. The molecule has 0 heterocycles. The van der Waals surface area contributed by atoms with Gasteiger partial charge in [0.1, 0.15) is 12.4 Å². The molecule has 2 aromatic carbocycles. The Balaban J connectivity index is 2.07. The highest BCUT2D eigenvalue weighted by Gasteiger charge is 2.11. The second-order valence-electron chi connectivity index (χ2n) is 4.24. The van der Waals surface area contributed by atoms with Crippen molar-refractivity contribution in [2.45, 2.75) is 0 Å². The minimum atomic E-state index is -0.321. The molecule has 0 fully saturated rings. The van der Waals surface area contributed by atoms with Gasteiger partial charge in [0.15, 0.2) is 0 Å². The molecule has 0 bridgehead atoms. The maximum absolute atomic E-state index is 12.1. The summed E-state index contributed by atoms with van der Waals surface area (Å²) >= 11 is 11.9. The Morgan fingerprint density at radius 3 is 2.52 bits per heavy atom. The van der Waals surface area contributed by atoms with Crippen molar-refractivity contribution in [3.8, 4) is 5.75 Å². The highest BCUT2D eigenvalue weighted by atomic mass is 35.5. The predicted molar refractivity (Wildman–Crippen MR) is 85.4 cm³/mol. The van der Waals surface area contributed by atoms with Gasteiger partial charge in [-0.2, -0.15) is 0 Å². The minimum Gasteiger partial charge on any atom is -0.492 e. The number of hydrogen-bond donors (Lipinski definition) is 2. The molecule has 0 spiro atoms. The van der Waals surface area contributed by atoms with Crippen molar-refractivity contribution in [1.29, 1.82) is 0 Å². The van der Waals surface area contributed by atoms with Crippen molar-refractivity contribution in [2.24, 2.45) is 5.73 Å². The Kier molecular flexibility index (Phi) is 5.44. The molecule has 21 heavy (non-hydrogen) atoms. The van der Waals surface area contributed by atoms with E-state index in [0.717, 1.165) is 0 Å². The van der Waals surface area contributed by atoms with E-state index >= 15 is 0 Å². The van der Waals surface area contributed by atoms with Crippen LogP contribution in [0.1, 0.15) is 10.4 Å². The summed E-state index contributed by atoms with van der Waals surface area (Å²) in [5.41, 5.74) is 6.32. The number of rotatable bonds is 5. The Bertz CT molecular complexity index is 630. The van der Waals surface area contributed by atoms with E-state index in [-0.39, 0.29) is 5.91 Å². The van der Waals surface area contributed by atoms with E-state index in [1.165, 1.54) is 6.07 Å². The lowest BCUT2D eigenvalue weighted by Gasteiger charge is -2.09. The molecule has 4 nitrogen and oxygen atoms in total. The van der Waals surface area contributed by atoms with Crippen LogP contribution in [0.5, 0.6) is 5.75 Å². The molecule has 0 saturated carbocycles. The van der Waals surface area contributed by atoms with Crippen LogP contribution < -0.4 is 15.8 Å². The van der Waals surface area contributed by atoms with Gasteiger partial charge in [0, 0.05) is 17.3 Å². The molecule has 110 valence electrons. The molecule has 2 rings (SSSR count). The SMILES string of the molecule is NCCOc1ccc(NC(=O)c2cc(Cl)ccc2Cl)cc1. The first-order chi connectivity index (χ1) is 10.1. The molecule has 2 aromatic rings. The smallest absolute Gasteiger partial charge is 0.257 e. The summed E-state index contributed by atoms with van der Waals surface area (Å²) in [5, 5.41) is 3.55. The van der Waals surface area contributed by atoms with Crippen molar-refractivity contribution in [3.63, 3.8) is 0 Å². The normalized spacial score (nSPS) is 10.2. The first-order valence-corrected chi connectivity index (χ1v) is 7.05. The summed E-state index contributed by atoms with van der Waals surface area (Å²) in [4.78, 5) is 12.1. The van der Waals surface area contributed by atoms with Crippen molar-refractivity contribution in [3.05, 3.63) is 58.1 Å². The average Bonchev–Trinajstić information content (AvgIpc) is 2.49. The number of amides is 1. The van der Waals surface area contributed by atoms with Crippen LogP contribution in [0, 0.1) is 0 Å². The average molecular weight is 325 g/mol. The Morgan fingerprint density at radius 1 is 1.14 bits per heavy atom. The second-order valence-corrected chi connectivity index (χ2v) is 5.08. The minimum absolute atomic E-state index is 0.321. The van der Waals surface area contributed by atoms with Gasteiger partial charge in [-0.3, -0.25) is 4.79 Å². The number of hydrogen-bond acceptors (Lipinski definition) is 3. The summed E-state index contributed by atoms with van der Waals surface area (Å²) in [6.45, 7) is 0.898. The van der Waals surface area contributed by atoms with E-state index in [9.17, 15) is 4.79 Å². The van der Waals surface area contributed by atoms with Gasteiger partial charge in [0.2, 0.25) is 0 Å². The molecular weight excluding hydrogens is 311 g/mol. The monoisotopic (exact) mass is 324 g/mol. The Morgan fingerprint density at radius 2 is 1.86 bits per heavy atom. The van der Waals surface area contributed by atoms with Crippen LogP contribution in [-0.2, 0) is 0 Å². The number of carbonyl (C=O) groups excluding carboxylic acids is 1. The van der Waals surface area contributed by atoms with E-state index < -0.39 is 0 Å². The quantitative estimate of drug-likeness (QED) is 0.883. The number of ether oxygens (including phenoxy) is 1. The van der Waals surface area contributed by atoms with Gasteiger partial charge in [0.25, 0.3) is 5.91 Å². The van der Waals surface area contributed by atoms with Gasteiger partial charge in [-0.1, -0.05) is 23.2 Å². The third kappa shape index (κ3) is 4.36. The first kappa shape index (κ1) is 15.6. The zero-order chi connectivity index (χ0) is 15.2. The fourth-order valence-corrected chi connectivity index (χ4v) is 2.06.